The maximum Gasteiger partial charge on any atom is 0.244 e. The molecule has 2 aliphatic rings. The molecule has 0 bridgehead atoms. The lowest BCUT2D eigenvalue weighted by atomic mass is 9.75. The molecule has 0 unspecified atom stereocenters. The molecule has 1 saturated carbocycles. The van der Waals surface area contributed by atoms with E-state index < -0.39 is 10.0 Å². The van der Waals surface area contributed by atoms with Crippen LogP contribution in [0.25, 0.3) is 4.91 Å². The second-order valence-electron chi connectivity index (χ2n) is 6.72. The van der Waals surface area contributed by atoms with Crippen molar-refractivity contribution in [3.05, 3.63) is 41.5 Å². The van der Waals surface area contributed by atoms with Gasteiger partial charge in [-0.1, -0.05) is 63.4 Å². The molecule has 0 aromatic heterocycles. The van der Waals surface area contributed by atoms with Crippen LogP contribution in [0.4, 0.5) is 0 Å². The first kappa shape index (κ1) is 17.6. The Kier molecular flexibility index (Phi) is 5.13. The average Bonchev–Trinajstić information content (AvgIpc) is 2.77. The van der Waals surface area contributed by atoms with Gasteiger partial charge in [0.1, 0.15) is 0 Å². The van der Waals surface area contributed by atoms with E-state index in [-0.39, 0.29) is 5.54 Å². The van der Waals surface area contributed by atoms with E-state index in [1.54, 1.807) is 4.31 Å². The van der Waals surface area contributed by atoms with Crippen molar-refractivity contribution < 1.29 is 8.42 Å². The van der Waals surface area contributed by atoms with Crippen LogP contribution in [-0.2, 0) is 10.0 Å². The minimum absolute atomic E-state index is 0.320. The third-order valence-electron chi connectivity index (χ3n) is 5.42. The Morgan fingerprint density at radius 3 is 2.33 bits per heavy atom. The molecule has 1 N–H and O–H groups in total. The molecular formula is C19H28N2O2S. The molecule has 0 saturated heterocycles. The van der Waals surface area contributed by atoms with Gasteiger partial charge >= 0.3 is 0 Å². The Morgan fingerprint density at radius 2 is 1.75 bits per heavy atom. The zero-order chi connectivity index (χ0) is 17.2. The molecule has 1 aromatic rings. The SMILES string of the molecule is CCNCC1=C(c2ccccc2)S(=O)(=O)N(CC)C12CCCCC2. The number of rotatable bonds is 5. The number of hydrogen-bond acceptors (Lipinski definition) is 3. The molecule has 1 fully saturated rings. The third kappa shape index (κ3) is 2.72. The summed E-state index contributed by atoms with van der Waals surface area (Å²) in [4.78, 5) is 0.549. The molecule has 3 rings (SSSR count). The summed E-state index contributed by atoms with van der Waals surface area (Å²) in [5.74, 6) is 0. The Hall–Kier alpha value is -1.17. The summed E-state index contributed by atoms with van der Waals surface area (Å²) in [6.07, 6.45) is 5.29. The van der Waals surface area contributed by atoms with Gasteiger partial charge in [-0.25, -0.2) is 8.42 Å². The predicted octanol–water partition coefficient (Wildman–Crippen LogP) is 3.38. The molecule has 1 heterocycles. The highest BCUT2D eigenvalue weighted by Crippen LogP contribution is 2.51. The van der Waals surface area contributed by atoms with E-state index in [2.05, 4.69) is 12.2 Å². The fraction of sp³-hybridized carbons (Fsp3) is 0.579. The second kappa shape index (κ2) is 6.98. The molecule has 0 atom stereocenters. The molecule has 1 aliphatic heterocycles. The zero-order valence-corrected chi connectivity index (χ0v) is 15.5. The fourth-order valence-corrected chi connectivity index (χ4v) is 6.75. The standard InChI is InChI=1S/C19H28N2O2S/c1-3-20-15-17-18(16-11-7-5-8-12-16)24(22,23)21(4-2)19(17)13-9-6-10-14-19/h5,7-8,11-12,20H,3-4,6,9-10,13-15H2,1-2H3. The van der Waals surface area contributed by atoms with Crippen molar-refractivity contribution in [2.45, 2.75) is 51.5 Å². The largest absolute Gasteiger partial charge is 0.313 e. The Labute approximate surface area is 146 Å². The highest BCUT2D eigenvalue weighted by molar-refractivity contribution is 7.98. The smallest absolute Gasteiger partial charge is 0.244 e. The van der Waals surface area contributed by atoms with Crippen LogP contribution in [0.3, 0.4) is 0 Å². The van der Waals surface area contributed by atoms with Crippen molar-refractivity contribution in [2.24, 2.45) is 0 Å². The van der Waals surface area contributed by atoms with Crippen molar-refractivity contribution in [3.8, 4) is 0 Å². The van der Waals surface area contributed by atoms with Gasteiger partial charge in [0.25, 0.3) is 0 Å². The number of nitrogens with zero attached hydrogens (tertiary/aromatic N) is 1. The van der Waals surface area contributed by atoms with Crippen LogP contribution in [0, 0.1) is 0 Å². The summed E-state index contributed by atoms with van der Waals surface area (Å²) < 4.78 is 28.6. The fourth-order valence-electron chi connectivity index (χ4n) is 4.43. The molecule has 132 valence electrons. The quantitative estimate of drug-likeness (QED) is 0.887. The van der Waals surface area contributed by atoms with Gasteiger partial charge in [-0.3, -0.25) is 0 Å². The summed E-state index contributed by atoms with van der Waals surface area (Å²) in [6.45, 7) is 6.06. The number of nitrogens with one attached hydrogen (secondary N) is 1. The van der Waals surface area contributed by atoms with Gasteiger partial charge in [-0.2, -0.15) is 4.31 Å². The maximum absolute atomic E-state index is 13.4. The van der Waals surface area contributed by atoms with Crippen molar-refractivity contribution in [2.75, 3.05) is 19.6 Å². The van der Waals surface area contributed by atoms with E-state index in [4.69, 9.17) is 0 Å². The molecule has 5 heteroatoms. The Bertz CT molecular complexity index is 704. The monoisotopic (exact) mass is 348 g/mol. The summed E-state index contributed by atoms with van der Waals surface area (Å²) >= 11 is 0. The molecular weight excluding hydrogens is 320 g/mol. The van der Waals surface area contributed by atoms with Gasteiger partial charge in [-0.15, -0.1) is 0 Å². The topological polar surface area (TPSA) is 49.4 Å². The summed E-state index contributed by atoms with van der Waals surface area (Å²) in [7, 11) is -3.45. The van der Waals surface area contributed by atoms with Gasteiger partial charge in [-0.05, 0) is 30.5 Å². The molecule has 1 spiro atoms. The van der Waals surface area contributed by atoms with Crippen LogP contribution in [-0.4, -0.2) is 37.9 Å². The first-order valence-corrected chi connectivity index (χ1v) is 10.5. The van der Waals surface area contributed by atoms with E-state index in [1.165, 1.54) is 6.42 Å². The lowest BCUT2D eigenvalue weighted by molar-refractivity contribution is 0.177. The van der Waals surface area contributed by atoms with E-state index in [9.17, 15) is 8.42 Å². The van der Waals surface area contributed by atoms with E-state index in [0.717, 1.165) is 43.4 Å². The molecule has 1 aliphatic carbocycles. The molecule has 4 nitrogen and oxygen atoms in total. The van der Waals surface area contributed by atoms with Crippen molar-refractivity contribution >= 4 is 14.9 Å². The van der Waals surface area contributed by atoms with Crippen molar-refractivity contribution in [1.82, 2.24) is 9.62 Å². The van der Waals surface area contributed by atoms with Crippen LogP contribution < -0.4 is 5.32 Å². The highest BCUT2D eigenvalue weighted by Gasteiger charge is 2.54. The summed E-state index contributed by atoms with van der Waals surface area (Å²) in [5.41, 5.74) is 1.59. The van der Waals surface area contributed by atoms with E-state index in [1.807, 2.05) is 37.3 Å². The van der Waals surface area contributed by atoms with Crippen molar-refractivity contribution in [3.63, 3.8) is 0 Å². The number of hydrogen-bond donors (Lipinski definition) is 1. The number of benzene rings is 1. The molecule has 0 radical (unpaired) electrons. The average molecular weight is 349 g/mol. The van der Waals surface area contributed by atoms with Crippen LogP contribution in [0.1, 0.15) is 51.5 Å². The zero-order valence-electron chi connectivity index (χ0n) is 14.7. The lowest BCUT2D eigenvalue weighted by Crippen LogP contribution is -2.50. The van der Waals surface area contributed by atoms with Crippen LogP contribution in [0.2, 0.25) is 0 Å². The first-order chi connectivity index (χ1) is 11.6. The van der Waals surface area contributed by atoms with Crippen LogP contribution in [0.5, 0.6) is 0 Å². The van der Waals surface area contributed by atoms with Gasteiger partial charge in [0.05, 0.1) is 10.4 Å². The van der Waals surface area contributed by atoms with E-state index in [0.29, 0.717) is 18.0 Å². The normalized spacial score (nSPS) is 23.1. The first-order valence-electron chi connectivity index (χ1n) is 9.10. The van der Waals surface area contributed by atoms with Crippen LogP contribution in [0.15, 0.2) is 35.9 Å². The maximum atomic E-state index is 13.4. The third-order valence-corrected chi connectivity index (χ3v) is 7.60. The minimum atomic E-state index is -3.45. The lowest BCUT2D eigenvalue weighted by Gasteiger charge is -2.42. The predicted molar refractivity (Wildman–Crippen MR) is 99.0 cm³/mol. The number of sulfonamides is 1. The number of likely N-dealkylation sites (N-methyl/N-ethyl adjacent to an activating group) is 2. The summed E-state index contributed by atoms with van der Waals surface area (Å²) in [6, 6.07) is 9.63. The van der Waals surface area contributed by atoms with Gasteiger partial charge in [0, 0.05) is 13.1 Å². The molecule has 0 amide bonds. The Balaban J connectivity index is 2.22. The van der Waals surface area contributed by atoms with Gasteiger partial charge in [0.2, 0.25) is 10.0 Å². The minimum Gasteiger partial charge on any atom is -0.313 e. The summed E-state index contributed by atoms with van der Waals surface area (Å²) in [5, 5.41) is 3.39. The van der Waals surface area contributed by atoms with Crippen LogP contribution >= 0.6 is 0 Å². The van der Waals surface area contributed by atoms with Gasteiger partial charge in [0.15, 0.2) is 0 Å². The second-order valence-corrected chi connectivity index (χ2v) is 8.52. The van der Waals surface area contributed by atoms with Gasteiger partial charge < -0.3 is 5.32 Å². The highest BCUT2D eigenvalue weighted by atomic mass is 32.2. The molecule has 1 aromatic carbocycles. The van der Waals surface area contributed by atoms with E-state index >= 15 is 0 Å². The Morgan fingerprint density at radius 1 is 1.08 bits per heavy atom. The molecule has 24 heavy (non-hydrogen) atoms. The van der Waals surface area contributed by atoms with Crippen molar-refractivity contribution in [1.29, 1.82) is 0 Å².